The van der Waals surface area contributed by atoms with Gasteiger partial charge in [0.05, 0.1) is 19.3 Å². The number of carbonyl (C=O) groups is 1. The third kappa shape index (κ3) is 6.47. The molecule has 1 aromatic rings. The van der Waals surface area contributed by atoms with Gasteiger partial charge in [-0.3, -0.25) is 14.6 Å². The molecule has 1 atom stereocenters. The highest BCUT2D eigenvalue weighted by Crippen LogP contribution is 2.19. The second-order valence-corrected chi connectivity index (χ2v) is 8.14. The molecule has 2 heterocycles. The summed E-state index contributed by atoms with van der Waals surface area (Å²) in [5.74, 6) is 0.154. The SMILES string of the molecule is CC1CN(C2CCN(CC(=O)NCCCN(C)c3ccccc3)CC2)CCO1. The van der Waals surface area contributed by atoms with Crippen LogP contribution >= 0.6 is 0 Å². The van der Waals surface area contributed by atoms with Crippen LogP contribution in [0.5, 0.6) is 0 Å². The molecule has 2 aliphatic heterocycles. The number of nitrogens with zero attached hydrogens (tertiary/aromatic N) is 3. The van der Waals surface area contributed by atoms with E-state index in [-0.39, 0.29) is 5.91 Å². The Hall–Kier alpha value is -1.63. The third-order valence-corrected chi connectivity index (χ3v) is 5.90. The molecular formula is C22H36N4O2. The van der Waals surface area contributed by atoms with E-state index in [9.17, 15) is 4.79 Å². The van der Waals surface area contributed by atoms with E-state index in [2.05, 4.69) is 58.3 Å². The second kappa shape index (κ2) is 10.8. The molecule has 1 unspecified atom stereocenters. The number of benzene rings is 1. The first-order valence-corrected chi connectivity index (χ1v) is 10.7. The fourth-order valence-corrected chi connectivity index (χ4v) is 4.23. The molecule has 2 aliphatic rings. The van der Waals surface area contributed by atoms with Gasteiger partial charge in [0.2, 0.25) is 5.91 Å². The first kappa shape index (κ1) is 21.1. The summed E-state index contributed by atoms with van der Waals surface area (Å²) >= 11 is 0. The van der Waals surface area contributed by atoms with Crippen LogP contribution < -0.4 is 10.2 Å². The zero-order valence-corrected chi connectivity index (χ0v) is 17.5. The molecule has 28 heavy (non-hydrogen) atoms. The minimum Gasteiger partial charge on any atom is -0.376 e. The van der Waals surface area contributed by atoms with Crippen molar-refractivity contribution in [2.45, 2.75) is 38.3 Å². The van der Waals surface area contributed by atoms with Gasteiger partial charge in [-0.15, -0.1) is 0 Å². The van der Waals surface area contributed by atoms with Gasteiger partial charge < -0.3 is 15.0 Å². The number of hydrogen-bond acceptors (Lipinski definition) is 5. The number of morpholine rings is 1. The van der Waals surface area contributed by atoms with Gasteiger partial charge >= 0.3 is 0 Å². The van der Waals surface area contributed by atoms with Crippen molar-refractivity contribution in [3.63, 3.8) is 0 Å². The van der Waals surface area contributed by atoms with Crippen molar-refractivity contribution < 1.29 is 9.53 Å². The highest BCUT2D eigenvalue weighted by Gasteiger charge is 2.28. The number of amides is 1. The van der Waals surface area contributed by atoms with Crippen LogP contribution in [0.25, 0.3) is 0 Å². The maximum Gasteiger partial charge on any atom is 0.234 e. The van der Waals surface area contributed by atoms with Gasteiger partial charge in [-0.2, -0.15) is 0 Å². The average Bonchev–Trinajstić information content (AvgIpc) is 2.72. The monoisotopic (exact) mass is 388 g/mol. The molecule has 6 heteroatoms. The lowest BCUT2D eigenvalue weighted by atomic mass is 10.0. The van der Waals surface area contributed by atoms with Gasteiger partial charge in [0, 0.05) is 58.0 Å². The molecule has 3 rings (SSSR count). The van der Waals surface area contributed by atoms with Crippen molar-refractivity contribution in [1.29, 1.82) is 0 Å². The van der Waals surface area contributed by atoms with Crippen LogP contribution in [0.2, 0.25) is 0 Å². The Labute approximate surface area is 169 Å². The minimum atomic E-state index is 0.154. The van der Waals surface area contributed by atoms with Gasteiger partial charge in [0.25, 0.3) is 0 Å². The molecule has 1 amide bonds. The molecule has 1 aromatic carbocycles. The van der Waals surface area contributed by atoms with Crippen molar-refractivity contribution in [3.05, 3.63) is 30.3 Å². The van der Waals surface area contributed by atoms with Crippen LogP contribution in [0.15, 0.2) is 30.3 Å². The van der Waals surface area contributed by atoms with Gasteiger partial charge in [0.1, 0.15) is 0 Å². The number of carbonyl (C=O) groups excluding carboxylic acids is 1. The molecule has 6 nitrogen and oxygen atoms in total. The van der Waals surface area contributed by atoms with Crippen LogP contribution in [-0.4, -0.2) is 87.3 Å². The number of piperidine rings is 1. The van der Waals surface area contributed by atoms with Crippen LogP contribution in [0.1, 0.15) is 26.2 Å². The summed E-state index contributed by atoms with van der Waals surface area (Å²) in [5.41, 5.74) is 1.21. The van der Waals surface area contributed by atoms with Crippen LogP contribution in [0.4, 0.5) is 5.69 Å². The quantitative estimate of drug-likeness (QED) is 0.689. The van der Waals surface area contributed by atoms with E-state index < -0.39 is 0 Å². The Morgan fingerprint density at radius 2 is 1.96 bits per heavy atom. The largest absolute Gasteiger partial charge is 0.376 e. The van der Waals surface area contributed by atoms with Crippen LogP contribution in [-0.2, 0) is 9.53 Å². The first-order valence-electron chi connectivity index (χ1n) is 10.7. The van der Waals surface area contributed by atoms with E-state index in [1.807, 2.05) is 6.07 Å². The lowest BCUT2D eigenvalue weighted by molar-refractivity contribution is -0.122. The molecule has 156 valence electrons. The Bertz CT molecular complexity index is 589. The summed E-state index contributed by atoms with van der Waals surface area (Å²) in [6.07, 6.45) is 3.61. The lowest BCUT2D eigenvalue weighted by Crippen LogP contribution is -2.52. The van der Waals surface area contributed by atoms with Gasteiger partial charge in [-0.25, -0.2) is 0 Å². The number of para-hydroxylation sites is 1. The average molecular weight is 389 g/mol. The molecule has 1 N–H and O–H groups in total. The maximum atomic E-state index is 12.3. The van der Waals surface area contributed by atoms with Gasteiger partial charge in [-0.05, 0) is 38.3 Å². The summed E-state index contributed by atoms with van der Waals surface area (Å²) in [5, 5.41) is 3.08. The predicted molar refractivity (Wildman–Crippen MR) is 114 cm³/mol. The van der Waals surface area contributed by atoms with Crippen molar-refractivity contribution in [1.82, 2.24) is 15.1 Å². The predicted octanol–water partition coefficient (Wildman–Crippen LogP) is 1.81. The summed E-state index contributed by atoms with van der Waals surface area (Å²) in [6, 6.07) is 11.0. The molecule has 0 saturated carbocycles. The van der Waals surface area contributed by atoms with Gasteiger partial charge in [-0.1, -0.05) is 18.2 Å². The zero-order valence-electron chi connectivity index (χ0n) is 17.5. The highest BCUT2D eigenvalue weighted by atomic mass is 16.5. The van der Waals surface area contributed by atoms with Crippen molar-refractivity contribution in [2.24, 2.45) is 0 Å². The molecule has 2 saturated heterocycles. The Kier molecular flexibility index (Phi) is 8.13. The molecule has 0 bridgehead atoms. The molecule has 0 aliphatic carbocycles. The molecule has 0 spiro atoms. The minimum absolute atomic E-state index is 0.154. The number of anilines is 1. The van der Waals surface area contributed by atoms with Crippen LogP contribution in [0, 0.1) is 0 Å². The standard InChI is InChI=1S/C22H36N4O2/c1-19-17-26(15-16-28-19)21-9-13-25(14-10-21)18-22(27)23-11-6-12-24(2)20-7-4-3-5-8-20/h3-5,7-8,19,21H,6,9-18H2,1-2H3,(H,23,27). The summed E-state index contributed by atoms with van der Waals surface area (Å²) in [6.45, 7) is 9.33. The van der Waals surface area contributed by atoms with Crippen molar-refractivity contribution >= 4 is 11.6 Å². The van der Waals surface area contributed by atoms with Crippen molar-refractivity contribution in [2.75, 3.05) is 64.4 Å². The van der Waals surface area contributed by atoms with E-state index in [1.54, 1.807) is 0 Å². The van der Waals surface area contributed by atoms with E-state index in [1.165, 1.54) is 5.69 Å². The van der Waals surface area contributed by atoms with Crippen LogP contribution in [0.3, 0.4) is 0 Å². The molecule has 0 aromatic heterocycles. The number of ether oxygens (including phenoxy) is 1. The second-order valence-electron chi connectivity index (χ2n) is 8.14. The van der Waals surface area contributed by atoms with Gasteiger partial charge in [0.15, 0.2) is 0 Å². The molecular weight excluding hydrogens is 352 g/mol. The summed E-state index contributed by atoms with van der Waals surface area (Å²) in [4.78, 5) is 19.4. The van der Waals surface area contributed by atoms with E-state index in [0.29, 0.717) is 18.7 Å². The Morgan fingerprint density at radius 1 is 1.21 bits per heavy atom. The highest BCUT2D eigenvalue weighted by molar-refractivity contribution is 5.78. The van der Waals surface area contributed by atoms with Crippen molar-refractivity contribution in [3.8, 4) is 0 Å². The van der Waals surface area contributed by atoms with E-state index in [0.717, 1.165) is 65.1 Å². The summed E-state index contributed by atoms with van der Waals surface area (Å²) in [7, 11) is 2.09. The number of hydrogen-bond donors (Lipinski definition) is 1. The topological polar surface area (TPSA) is 48.0 Å². The first-order chi connectivity index (χ1) is 13.6. The number of likely N-dealkylation sites (tertiary alicyclic amines) is 1. The summed E-state index contributed by atoms with van der Waals surface area (Å²) < 4.78 is 5.65. The van der Waals surface area contributed by atoms with E-state index >= 15 is 0 Å². The molecule has 0 radical (unpaired) electrons. The smallest absolute Gasteiger partial charge is 0.234 e. The fraction of sp³-hybridized carbons (Fsp3) is 0.682. The lowest BCUT2D eigenvalue weighted by Gasteiger charge is -2.41. The Balaban J connectivity index is 1.27. The number of rotatable bonds is 8. The maximum absolute atomic E-state index is 12.3. The fourth-order valence-electron chi connectivity index (χ4n) is 4.23. The van der Waals surface area contributed by atoms with E-state index in [4.69, 9.17) is 4.74 Å². The Morgan fingerprint density at radius 3 is 2.68 bits per heavy atom. The number of nitrogens with one attached hydrogen (secondary N) is 1. The normalized spacial score (nSPS) is 22.1. The third-order valence-electron chi connectivity index (χ3n) is 5.90. The molecule has 2 fully saturated rings. The zero-order chi connectivity index (χ0) is 19.8.